The van der Waals surface area contributed by atoms with Crippen LogP contribution in [0.5, 0.6) is 5.75 Å². The van der Waals surface area contributed by atoms with Crippen LogP contribution in [0.4, 0.5) is 10.1 Å². The van der Waals surface area contributed by atoms with Crippen molar-refractivity contribution in [1.82, 2.24) is 5.32 Å². The van der Waals surface area contributed by atoms with E-state index in [-0.39, 0.29) is 16.4 Å². The molecule has 0 aliphatic rings. The highest BCUT2D eigenvalue weighted by Crippen LogP contribution is 2.33. The summed E-state index contributed by atoms with van der Waals surface area (Å²) in [6.07, 6.45) is 1.90. The molecule has 0 radical (unpaired) electrons. The van der Waals surface area contributed by atoms with Crippen LogP contribution in [0, 0.1) is 5.82 Å². The summed E-state index contributed by atoms with van der Waals surface area (Å²) in [7, 11) is -4.09. The molecule has 1 amide bonds. The minimum absolute atomic E-state index is 0.0657. The number of nitrogens with one attached hydrogen (secondary N) is 1. The summed E-state index contributed by atoms with van der Waals surface area (Å²) in [4.78, 5) is 14.0. The van der Waals surface area contributed by atoms with Gasteiger partial charge in [0.1, 0.15) is 18.1 Å². The van der Waals surface area contributed by atoms with Gasteiger partial charge >= 0.3 is 0 Å². The smallest absolute Gasteiger partial charge is 0.264 e. The van der Waals surface area contributed by atoms with Gasteiger partial charge in [-0.25, -0.2) is 12.8 Å². The number of hydrogen-bond donors (Lipinski definition) is 1. The number of carbonyl (C=O) groups is 1. The highest BCUT2D eigenvalue weighted by Gasteiger charge is 2.30. The third-order valence-corrected chi connectivity index (χ3v) is 7.63. The number of para-hydroxylation sites is 2. The van der Waals surface area contributed by atoms with Gasteiger partial charge in [-0.15, -0.1) is 11.8 Å². The third kappa shape index (κ3) is 6.09. The largest absolute Gasteiger partial charge is 0.492 e. The van der Waals surface area contributed by atoms with Crippen molar-refractivity contribution in [2.75, 3.05) is 23.7 Å². The first-order chi connectivity index (χ1) is 16.3. The van der Waals surface area contributed by atoms with Gasteiger partial charge in [0.15, 0.2) is 0 Å². The lowest BCUT2D eigenvalue weighted by Crippen LogP contribution is -2.41. The minimum Gasteiger partial charge on any atom is -0.492 e. The van der Waals surface area contributed by atoms with E-state index in [2.05, 4.69) is 5.32 Å². The Kier molecular flexibility index (Phi) is 8.57. The van der Waals surface area contributed by atoms with Crippen molar-refractivity contribution < 1.29 is 22.3 Å². The average molecular weight is 503 g/mol. The third-order valence-electron chi connectivity index (χ3n) is 5.12. The molecule has 180 valence electrons. The van der Waals surface area contributed by atoms with Crippen molar-refractivity contribution in [1.29, 1.82) is 0 Å². The maximum absolute atomic E-state index is 13.7. The second-order valence-corrected chi connectivity index (χ2v) is 10.2. The van der Waals surface area contributed by atoms with Gasteiger partial charge in [0.05, 0.1) is 23.2 Å². The zero-order valence-corrected chi connectivity index (χ0v) is 20.8. The topological polar surface area (TPSA) is 75.7 Å². The summed E-state index contributed by atoms with van der Waals surface area (Å²) in [6, 6.07) is 18.5. The summed E-state index contributed by atoms with van der Waals surface area (Å²) in [5, 5.41) is 2.80. The molecule has 1 N–H and O–H groups in total. The standard InChI is InChI=1S/C25H27FN2O4S2/c1-4-32-24-8-6-5-7-23(24)28(34(30,31)22-15-13-21(33-3)14-16-22)17-25(29)27-18(2)19-9-11-20(26)12-10-19/h5-16,18H,4,17H2,1-3H3,(H,27,29)/t18-/m0/s1. The van der Waals surface area contributed by atoms with E-state index in [0.29, 0.717) is 17.9 Å². The number of thioether (sulfide) groups is 1. The van der Waals surface area contributed by atoms with Gasteiger partial charge in [-0.2, -0.15) is 0 Å². The van der Waals surface area contributed by atoms with Crippen LogP contribution in [-0.4, -0.2) is 33.7 Å². The Morgan fingerprint density at radius 2 is 1.71 bits per heavy atom. The predicted octanol–water partition coefficient (Wildman–Crippen LogP) is 5.02. The molecule has 6 nitrogen and oxygen atoms in total. The van der Waals surface area contributed by atoms with Crippen LogP contribution in [-0.2, 0) is 14.8 Å². The van der Waals surface area contributed by atoms with Crippen LogP contribution in [0.15, 0.2) is 82.6 Å². The van der Waals surface area contributed by atoms with Crippen LogP contribution in [0.1, 0.15) is 25.5 Å². The Bertz CT molecular complexity index is 1220. The number of hydrogen-bond acceptors (Lipinski definition) is 5. The summed E-state index contributed by atoms with van der Waals surface area (Å²) >= 11 is 1.50. The number of ether oxygens (including phenoxy) is 1. The van der Waals surface area contributed by atoms with Crippen molar-refractivity contribution >= 4 is 33.4 Å². The summed E-state index contributed by atoms with van der Waals surface area (Å²) in [5.74, 6) is -0.527. The first-order valence-electron chi connectivity index (χ1n) is 10.7. The number of carbonyl (C=O) groups excluding carboxylic acids is 1. The Morgan fingerprint density at radius 3 is 2.32 bits per heavy atom. The van der Waals surface area contributed by atoms with Gasteiger partial charge in [-0.1, -0.05) is 24.3 Å². The minimum atomic E-state index is -4.09. The molecule has 3 rings (SSSR count). The lowest BCUT2D eigenvalue weighted by molar-refractivity contribution is -0.120. The Labute approximate surface area is 204 Å². The van der Waals surface area contributed by atoms with Crippen molar-refractivity contribution in [3.05, 3.63) is 84.2 Å². The van der Waals surface area contributed by atoms with Gasteiger partial charge < -0.3 is 10.1 Å². The van der Waals surface area contributed by atoms with Crippen molar-refractivity contribution in [3.8, 4) is 5.75 Å². The second-order valence-electron chi connectivity index (χ2n) is 7.43. The maximum atomic E-state index is 13.7. The van der Waals surface area contributed by atoms with E-state index >= 15 is 0 Å². The predicted molar refractivity (Wildman–Crippen MR) is 133 cm³/mol. The molecular weight excluding hydrogens is 475 g/mol. The average Bonchev–Trinajstić information content (AvgIpc) is 2.83. The van der Waals surface area contributed by atoms with Crippen LogP contribution >= 0.6 is 11.8 Å². The number of benzene rings is 3. The summed E-state index contributed by atoms with van der Waals surface area (Å²) in [6.45, 7) is 3.43. The normalized spacial score (nSPS) is 12.1. The number of sulfonamides is 1. The number of nitrogens with zero attached hydrogens (tertiary/aromatic N) is 1. The molecule has 1 atom stereocenters. The van der Waals surface area contributed by atoms with Gasteiger partial charge in [-0.3, -0.25) is 9.10 Å². The summed E-state index contributed by atoms with van der Waals surface area (Å²) in [5.41, 5.74) is 0.967. The number of halogens is 1. The zero-order valence-electron chi connectivity index (χ0n) is 19.2. The molecule has 0 unspecified atom stereocenters. The van der Waals surface area contributed by atoms with Gasteiger partial charge in [-0.05, 0) is 74.2 Å². The highest BCUT2D eigenvalue weighted by molar-refractivity contribution is 7.98. The first-order valence-corrected chi connectivity index (χ1v) is 13.4. The fourth-order valence-electron chi connectivity index (χ4n) is 3.37. The maximum Gasteiger partial charge on any atom is 0.264 e. The lowest BCUT2D eigenvalue weighted by atomic mass is 10.1. The van der Waals surface area contributed by atoms with Crippen molar-refractivity contribution in [3.63, 3.8) is 0 Å². The molecule has 3 aromatic rings. The quantitative estimate of drug-likeness (QED) is 0.394. The highest BCUT2D eigenvalue weighted by atomic mass is 32.2. The fourth-order valence-corrected chi connectivity index (χ4v) is 5.21. The number of rotatable bonds is 10. The molecule has 0 aromatic heterocycles. The summed E-state index contributed by atoms with van der Waals surface area (Å²) < 4.78 is 47.3. The van der Waals surface area contributed by atoms with Gasteiger partial charge in [0, 0.05) is 4.90 Å². The molecular formula is C25H27FN2O4S2. The Morgan fingerprint density at radius 1 is 1.06 bits per heavy atom. The molecule has 0 saturated heterocycles. The van der Waals surface area contributed by atoms with Crippen LogP contribution in [0.3, 0.4) is 0 Å². The van der Waals surface area contributed by atoms with Gasteiger partial charge in [0.25, 0.3) is 10.0 Å². The number of anilines is 1. The molecule has 34 heavy (non-hydrogen) atoms. The van der Waals surface area contributed by atoms with E-state index in [9.17, 15) is 17.6 Å². The van der Waals surface area contributed by atoms with Crippen molar-refractivity contribution in [2.45, 2.75) is 29.7 Å². The van der Waals surface area contributed by atoms with Crippen LogP contribution in [0.2, 0.25) is 0 Å². The van der Waals surface area contributed by atoms with Crippen LogP contribution in [0.25, 0.3) is 0 Å². The van der Waals surface area contributed by atoms with E-state index in [1.165, 1.54) is 36.0 Å². The zero-order chi connectivity index (χ0) is 24.7. The molecule has 9 heteroatoms. The van der Waals surface area contributed by atoms with Gasteiger partial charge in [0.2, 0.25) is 5.91 Å². The molecule has 0 fully saturated rings. The van der Waals surface area contributed by atoms with E-state index in [1.807, 2.05) is 6.26 Å². The fraction of sp³-hybridized carbons (Fsp3) is 0.240. The molecule has 3 aromatic carbocycles. The molecule has 0 saturated carbocycles. The van der Waals surface area contributed by atoms with E-state index < -0.39 is 28.5 Å². The van der Waals surface area contributed by atoms with E-state index in [0.717, 1.165) is 9.20 Å². The molecule has 0 aliphatic carbocycles. The van der Waals surface area contributed by atoms with Crippen molar-refractivity contribution in [2.24, 2.45) is 0 Å². The van der Waals surface area contributed by atoms with Crippen LogP contribution < -0.4 is 14.4 Å². The van der Waals surface area contributed by atoms with E-state index in [4.69, 9.17) is 4.74 Å². The second kappa shape index (κ2) is 11.4. The monoisotopic (exact) mass is 502 g/mol. The SMILES string of the molecule is CCOc1ccccc1N(CC(=O)N[C@@H](C)c1ccc(F)cc1)S(=O)(=O)c1ccc(SC)cc1. The first kappa shape index (κ1) is 25.6. The van der Waals surface area contributed by atoms with E-state index in [1.54, 1.807) is 62.4 Å². The molecule has 0 spiro atoms. The Hall–Kier alpha value is -3.04. The lowest BCUT2D eigenvalue weighted by Gasteiger charge is -2.26. The number of amides is 1. The molecule has 0 bridgehead atoms. The Balaban J connectivity index is 1.94. The molecule has 0 heterocycles. The molecule has 0 aliphatic heterocycles.